The zero-order chi connectivity index (χ0) is 26.3. The lowest BCUT2D eigenvalue weighted by molar-refractivity contribution is -0.568. The molecule has 6 heteroatoms. The number of anilines is 2. The third-order valence-electron chi connectivity index (χ3n) is 7.46. The Morgan fingerprint density at radius 1 is 0.538 bits per heavy atom. The monoisotopic (exact) mass is 524 g/mol. The van der Waals surface area contributed by atoms with E-state index in [1.54, 1.807) is 0 Å². The van der Waals surface area contributed by atoms with Crippen molar-refractivity contribution in [2.24, 2.45) is 5.11 Å². The zero-order valence-corrected chi connectivity index (χ0v) is 21.9. The fraction of sp³-hybridized carbons (Fsp3) is 0.0606. The highest BCUT2D eigenvalue weighted by molar-refractivity contribution is 7.80. The smallest absolute Gasteiger partial charge is 0.281 e. The number of hydrogen-bond acceptors (Lipinski definition) is 3. The maximum Gasteiger partial charge on any atom is 0.281 e. The highest BCUT2D eigenvalue weighted by Gasteiger charge is 2.77. The molecule has 2 aliphatic rings. The molecule has 1 saturated heterocycles. The van der Waals surface area contributed by atoms with Crippen LogP contribution in [0.25, 0.3) is 0 Å². The average molecular weight is 525 g/mol. The summed E-state index contributed by atoms with van der Waals surface area (Å²) in [5.41, 5.74) is 6.88. The Labute approximate surface area is 233 Å². The first-order valence-corrected chi connectivity index (χ1v) is 13.4. The predicted octanol–water partition coefficient (Wildman–Crippen LogP) is 7.32. The van der Waals surface area contributed by atoms with Crippen LogP contribution >= 0.6 is 12.2 Å². The minimum absolute atomic E-state index is 0.657. The van der Waals surface area contributed by atoms with Crippen molar-refractivity contribution in [1.29, 1.82) is 0 Å². The summed E-state index contributed by atoms with van der Waals surface area (Å²) in [6, 6.07) is 51.8. The molecular weight excluding hydrogens is 498 g/mol. The lowest BCUT2D eigenvalue weighted by atomic mass is 9.81. The van der Waals surface area contributed by atoms with E-state index in [4.69, 9.17) is 17.3 Å². The number of hydrazine groups is 1. The lowest BCUT2D eigenvalue weighted by Crippen LogP contribution is -2.61. The molecule has 0 spiro atoms. The molecule has 188 valence electrons. The maximum absolute atomic E-state index is 6.41. The number of thiocarbonyl (C=S) groups is 1. The highest BCUT2D eigenvalue weighted by Crippen LogP contribution is 2.59. The van der Waals surface area contributed by atoms with E-state index in [1.165, 1.54) is 0 Å². The van der Waals surface area contributed by atoms with E-state index in [0.29, 0.717) is 5.11 Å². The van der Waals surface area contributed by atoms with Crippen molar-refractivity contribution in [2.75, 3.05) is 9.80 Å². The first-order chi connectivity index (χ1) is 19.3. The lowest BCUT2D eigenvalue weighted by Gasteiger charge is -2.40. The van der Waals surface area contributed by atoms with E-state index in [1.807, 2.05) is 71.5 Å². The van der Waals surface area contributed by atoms with E-state index in [9.17, 15) is 0 Å². The standard InChI is InChI=1S/C33H26N5S/c39-31-36(28-20-10-3-11-21-28)32(26-16-6-1-7-17-26)33(27-18-8-2-9-19-27,37(31)29-22-12-4-13-23-29)35-38(34-32)30-24-14-5-15-25-30/h1-25H,(H,34,35)/q+1/t32-,33+. The van der Waals surface area contributed by atoms with Gasteiger partial charge >= 0.3 is 0 Å². The van der Waals surface area contributed by atoms with Crippen molar-refractivity contribution in [3.63, 3.8) is 0 Å². The Morgan fingerprint density at radius 2 is 0.974 bits per heavy atom. The van der Waals surface area contributed by atoms with Crippen molar-refractivity contribution >= 4 is 34.4 Å². The maximum atomic E-state index is 6.41. The molecule has 0 aromatic heterocycles. The van der Waals surface area contributed by atoms with Crippen LogP contribution in [0, 0.1) is 0 Å². The second-order valence-corrected chi connectivity index (χ2v) is 9.96. The minimum Gasteiger partial charge on any atom is -0.282 e. The predicted molar refractivity (Wildman–Crippen MR) is 159 cm³/mol. The summed E-state index contributed by atoms with van der Waals surface area (Å²) < 4.78 is 0. The number of benzene rings is 5. The van der Waals surface area contributed by atoms with Gasteiger partial charge in [0, 0.05) is 44.6 Å². The molecule has 5 aromatic rings. The van der Waals surface area contributed by atoms with Gasteiger partial charge in [0.1, 0.15) is 0 Å². The first-order valence-electron chi connectivity index (χ1n) is 13.0. The van der Waals surface area contributed by atoms with Crippen LogP contribution < -0.4 is 15.2 Å². The van der Waals surface area contributed by atoms with Gasteiger partial charge < -0.3 is 0 Å². The van der Waals surface area contributed by atoms with Crippen LogP contribution in [0.1, 0.15) is 11.1 Å². The van der Waals surface area contributed by atoms with Crippen LogP contribution in [-0.4, -0.2) is 9.92 Å². The first kappa shape index (κ1) is 23.3. The van der Waals surface area contributed by atoms with Crippen molar-refractivity contribution in [3.05, 3.63) is 163 Å². The summed E-state index contributed by atoms with van der Waals surface area (Å²) in [6.45, 7) is 0. The molecule has 0 saturated carbocycles. The number of fused-ring (bicyclic) bond motifs is 1. The molecule has 0 amide bonds. The van der Waals surface area contributed by atoms with Gasteiger partial charge in [-0.3, -0.25) is 9.80 Å². The number of nitrogens with zero attached hydrogens (tertiary/aromatic N) is 4. The summed E-state index contributed by atoms with van der Waals surface area (Å²) in [4.78, 5) is 6.34. The van der Waals surface area contributed by atoms with Crippen molar-refractivity contribution in [2.45, 2.75) is 11.3 Å². The van der Waals surface area contributed by atoms with Crippen LogP contribution in [0.15, 0.2) is 157 Å². The molecule has 2 atom stereocenters. The number of nitrogens with one attached hydrogen (secondary N) is 1. The summed E-state index contributed by atoms with van der Waals surface area (Å²) in [6.07, 6.45) is 0. The zero-order valence-electron chi connectivity index (χ0n) is 21.1. The number of azo groups is 1. The van der Waals surface area contributed by atoms with Crippen LogP contribution in [-0.2, 0) is 11.3 Å². The number of para-hydroxylation sites is 3. The Hall–Kier alpha value is -4.81. The van der Waals surface area contributed by atoms with Gasteiger partial charge in [0.2, 0.25) is 0 Å². The number of hydrogen-bond donors (Lipinski definition) is 1. The second-order valence-electron chi connectivity index (χ2n) is 9.60. The second kappa shape index (κ2) is 9.19. The summed E-state index contributed by atoms with van der Waals surface area (Å²) in [5.74, 6) is 0. The molecule has 1 fully saturated rings. The summed E-state index contributed by atoms with van der Waals surface area (Å²) in [7, 11) is 0. The normalized spacial score (nSPS) is 21.8. The fourth-order valence-electron chi connectivity index (χ4n) is 5.86. The van der Waals surface area contributed by atoms with Crippen LogP contribution in [0.2, 0.25) is 0 Å². The topological polar surface area (TPSA) is 33.9 Å². The minimum atomic E-state index is -1.00. The van der Waals surface area contributed by atoms with E-state index < -0.39 is 11.3 Å². The SMILES string of the molecule is S=C1N(c2ccccc2)[C@@]2(c3ccccc3)N[N+](c3ccccc3)=N[C@@]2(c2ccccc2)N1c1ccccc1. The van der Waals surface area contributed by atoms with Crippen LogP contribution in [0.5, 0.6) is 0 Å². The van der Waals surface area contributed by atoms with E-state index >= 15 is 0 Å². The average Bonchev–Trinajstić information content (AvgIpc) is 3.47. The molecule has 0 unspecified atom stereocenters. The third-order valence-corrected chi connectivity index (χ3v) is 7.82. The van der Waals surface area contributed by atoms with Gasteiger partial charge in [-0.05, 0) is 36.5 Å². The molecule has 0 radical (unpaired) electrons. The molecule has 2 heterocycles. The van der Waals surface area contributed by atoms with Gasteiger partial charge in [-0.2, -0.15) is 0 Å². The van der Waals surface area contributed by atoms with Gasteiger partial charge in [-0.1, -0.05) is 115 Å². The van der Waals surface area contributed by atoms with Gasteiger partial charge in [-0.25, -0.2) is 0 Å². The molecule has 2 aliphatic heterocycles. The largest absolute Gasteiger partial charge is 0.282 e. The van der Waals surface area contributed by atoms with E-state index in [2.05, 4.69) is 100 Å². The fourth-order valence-corrected chi connectivity index (χ4v) is 6.33. The van der Waals surface area contributed by atoms with Crippen molar-refractivity contribution < 1.29 is 4.81 Å². The Balaban J connectivity index is 1.64. The van der Waals surface area contributed by atoms with Crippen LogP contribution in [0.3, 0.4) is 0 Å². The van der Waals surface area contributed by atoms with Crippen molar-refractivity contribution in [1.82, 2.24) is 5.43 Å². The van der Waals surface area contributed by atoms with Gasteiger partial charge in [0.15, 0.2) is 5.11 Å². The molecule has 39 heavy (non-hydrogen) atoms. The third kappa shape index (κ3) is 3.35. The van der Waals surface area contributed by atoms with E-state index in [0.717, 1.165) is 28.2 Å². The molecular formula is C33H26N5S+. The molecule has 7 rings (SSSR count). The Morgan fingerprint density at radius 3 is 1.51 bits per heavy atom. The Bertz CT molecular complexity index is 1650. The molecule has 0 bridgehead atoms. The summed E-state index contributed by atoms with van der Waals surface area (Å²) in [5, 5.41) is 6.23. The van der Waals surface area contributed by atoms with E-state index in [-0.39, 0.29) is 0 Å². The molecule has 5 aromatic carbocycles. The number of rotatable bonds is 5. The summed E-state index contributed by atoms with van der Waals surface area (Å²) >= 11 is 6.41. The molecule has 0 aliphatic carbocycles. The quantitative estimate of drug-likeness (QED) is 0.193. The van der Waals surface area contributed by atoms with Gasteiger partial charge in [-0.15, -0.1) is 5.43 Å². The molecule has 5 nitrogen and oxygen atoms in total. The van der Waals surface area contributed by atoms with Gasteiger partial charge in [0.25, 0.3) is 17.0 Å². The van der Waals surface area contributed by atoms with Crippen molar-refractivity contribution in [3.8, 4) is 0 Å². The van der Waals surface area contributed by atoms with Crippen LogP contribution in [0.4, 0.5) is 17.1 Å². The highest BCUT2D eigenvalue weighted by atomic mass is 32.1. The molecule has 1 N–H and O–H groups in total. The Kier molecular flexibility index (Phi) is 5.49. The van der Waals surface area contributed by atoms with Gasteiger partial charge in [0.05, 0.1) is 0 Å².